The Hall–Kier alpha value is -0.790. The second kappa shape index (κ2) is 5.18. The van der Waals surface area contributed by atoms with Gasteiger partial charge < -0.3 is 5.11 Å². The Labute approximate surface area is 86.0 Å². The van der Waals surface area contributed by atoms with Gasteiger partial charge in [-0.1, -0.05) is 32.3 Å². The second-order valence-electron chi connectivity index (χ2n) is 4.24. The van der Waals surface area contributed by atoms with E-state index in [-0.39, 0.29) is 5.92 Å². The highest BCUT2D eigenvalue weighted by molar-refractivity contribution is 5.87. The highest BCUT2D eigenvalue weighted by atomic mass is 16.4. The first-order valence-electron chi connectivity index (χ1n) is 5.56. The lowest BCUT2D eigenvalue weighted by Crippen LogP contribution is -2.21. The van der Waals surface area contributed by atoms with Crippen LogP contribution in [0.3, 0.4) is 0 Å². The SMILES string of the molecule is C/C=C(/C(=O)O)C(C)C1CCCCC1. The summed E-state index contributed by atoms with van der Waals surface area (Å²) in [5, 5.41) is 9.01. The van der Waals surface area contributed by atoms with Crippen molar-refractivity contribution in [1.29, 1.82) is 0 Å². The molecule has 1 N–H and O–H groups in total. The molecule has 0 aromatic carbocycles. The monoisotopic (exact) mass is 196 g/mol. The lowest BCUT2D eigenvalue weighted by Gasteiger charge is -2.27. The van der Waals surface area contributed by atoms with Crippen molar-refractivity contribution in [3.8, 4) is 0 Å². The topological polar surface area (TPSA) is 37.3 Å². The number of carbonyl (C=O) groups is 1. The van der Waals surface area contributed by atoms with Crippen LogP contribution in [0.2, 0.25) is 0 Å². The Morgan fingerprint density at radius 3 is 2.36 bits per heavy atom. The average Bonchev–Trinajstić information content (AvgIpc) is 2.19. The van der Waals surface area contributed by atoms with Crippen LogP contribution >= 0.6 is 0 Å². The maximum atomic E-state index is 10.9. The molecular weight excluding hydrogens is 176 g/mol. The van der Waals surface area contributed by atoms with E-state index in [0.717, 1.165) is 0 Å². The van der Waals surface area contributed by atoms with Crippen molar-refractivity contribution in [1.82, 2.24) is 0 Å². The fourth-order valence-electron chi connectivity index (χ4n) is 2.47. The van der Waals surface area contributed by atoms with Crippen LogP contribution in [0, 0.1) is 11.8 Å². The van der Waals surface area contributed by atoms with E-state index in [0.29, 0.717) is 11.5 Å². The highest BCUT2D eigenvalue weighted by Crippen LogP contribution is 2.33. The molecule has 1 saturated carbocycles. The van der Waals surface area contributed by atoms with Crippen molar-refractivity contribution >= 4 is 5.97 Å². The van der Waals surface area contributed by atoms with Gasteiger partial charge in [0.2, 0.25) is 0 Å². The minimum Gasteiger partial charge on any atom is -0.478 e. The largest absolute Gasteiger partial charge is 0.478 e. The van der Waals surface area contributed by atoms with Crippen LogP contribution in [0.15, 0.2) is 11.6 Å². The van der Waals surface area contributed by atoms with Crippen molar-refractivity contribution in [2.24, 2.45) is 11.8 Å². The summed E-state index contributed by atoms with van der Waals surface area (Å²) in [5.74, 6) is 0.0643. The molecule has 0 amide bonds. The normalized spacial score (nSPS) is 22.0. The molecule has 0 saturated heterocycles. The molecular formula is C12H20O2. The zero-order valence-electron chi connectivity index (χ0n) is 9.12. The minimum absolute atomic E-state index is 0.220. The van der Waals surface area contributed by atoms with E-state index < -0.39 is 5.97 Å². The van der Waals surface area contributed by atoms with E-state index >= 15 is 0 Å². The van der Waals surface area contributed by atoms with Crippen LogP contribution in [-0.2, 0) is 4.79 Å². The number of carboxylic acids is 1. The molecule has 80 valence electrons. The van der Waals surface area contributed by atoms with Crippen LogP contribution in [-0.4, -0.2) is 11.1 Å². The molecule has 1 atom stereocenters. The van der Waals surface area contributed by atoms with E-state index in [2.05, 4.69) is 6.92 Å². The lowest BCUT2D eigenvalue weighted by molar-refractivity contribution is -0.133. The smallest absolute Gasteiger partial charge is 0.331 e. The Morgan fingerprint density at radius 1 is 1.36 bits per heavy atom. The molecule has 0 aromatic heterocycles. The zero-order chi connectivity index (χ0) is 10.6. The third-order valence-corrected chi connectivity index (χ3v) is 3.41. The number of rotatable bonds is 3. The number of aliphatic carboxylic acids is 1. The van der Waals surface area contributed by atoms with Gasteiger partial charge >= 0.3 is 5.97 Å². The Morgan fingerprint density at radius 2 is 1.93 bits per heavy atom. The number of carboxylic acid groups (broad SMARTS) is 1. The Bertz CT molecular complexity index is 224. The molecule has 0 radical (unpaired) electrons. The van der Waals surface area contributed by atoms with Crippen LogP contribution in [0.25, 0.3) is 0 Å². The minimum atomic E-state index is -0.745. The van der Waals surface area contributed by atoms with Crippen molar-refractivity contribution in [3.05, 3.63) is 11.6 Å². The summed E-state index contributed by atoms with van der Waals surface area (Å²) in [4.78, 5) is 10.9. The van der Waals surface area contributed by atoms with Gasteiger partial charge in [-0.05, 0) is 31.6 Å². The molecule has 1 aliphatic carbocycles. The third kappa shape index (κ3) is 2.60. The molecule has 0 aromatic rings. The number of hydrogen-bond donors (Lipinski definition) is 1. The molecule has 0 heterocycles. The van der Waals surface area contributed by atoms with Crippen molar-refractivity contribution in [2.75, 3.05) is 0 Å². The number of allylic oxidation sites excluding steroid dienone is 1. The number of hydrogen-bond acceptors (Lipinski definition) is 1. The molecule has 1 rings (SSSR count). The molecule has 1 aliphatic rings. The maximum Gasteiger partial charge on any atom is 0.331 e. The first-order valence-corrected chi connectivity index (χ1v) is 5.56. The van der Waals surface area contributed by atoms with E-state index in [4.69, 9.17) is 5.11 Å². The van der Waals surface area contributed by atoms with Gasteiger partial charge in [-0.25, -0.2) is 4.79 Å². The van der Waals surface area contributed by atoms with Crippen LogP contribution in [0.1, 0.15) is 46.0 Å². The molecule has 2 nitrogen and oxygen atoms in total. The van der Waals surface area contributed by atoms with Gasteiger partial charge in [0.25, 0.3) is 0 Å². The van der Waals surface area contributed by atoms with Gasteiger partial charge in [-0.2, -0.15) is 0 Å². The van der Waals surface area contributed by atoms with Crippen LogP contribution < -0.4 is 0 Å². The van der Waals surface area contributed by atoms with Crippen LogP contribution in [0.4, 0.5) is 0 Å². The van der Waals surface area contributed by atoms with Gasteiger partial charge in [0, 0.05) is 5.57 Å². The van der Waals surface area contributed by atoms with Gasteiger partial charge in [-0.15, -0.1) is 0 Å². The van der Waals surface area contributed by atoms with Crippen molar-refractivity contribution in [3.63, 3.8) is 0 Å². The third-order valence-electron chi connectivity index (χ3n) is 3.41. The predicted octanol–water partition coefficient (Wildman–Crippen LogP) is 3.23. The first kappa shape index (κ1) is 11.3. The van der Waals surface area contributed by atoms with Gasteiger partial charge in [-0.3, -0.25) is 0 Å². The first-order chi connectivity index (χ1) is 6.66. The quantitative estimate of drug-likeness (QED) is 0.703. The molecule has 0 aliphatic heterocycles. The van der Waals surface area contributed by atoms with Gasteiger partial charge in [0.1, 0.15) is 0 Å². The standard InChI is InChI=1S/C12H20O2/c1-3-11(12(13)14)9(2)10-7-5-4-6-8-10/h3,9-10H,4-8H2,1-2H3,(H,13,14)/b11-3+. The van der Waals surface area contributed by atoms with E-state index in [1.54, 1.807) is 6.08 Å². The van der Waals surface area contributed by atoms with E-state index in [1.807, 2.05) is 6.92 Å². The molecule has 1 fully saturated rings. The maximum absolute atomic E-state index is 10.9. The van der Waals surface area contributed by atoms with E-state index in [9.17, 15) is 4.79 Å². The predicted molar refractivity (Wildman–Crippen MR) is 57.1 cm³/mol. The summed E-state index contributed by atoms with van der Waals surface area (Å²) >= 11 is 0. The highest BCUT2D eigenvalue weighted by Gasteiger charge is 2.25. The molecule has 0 bridgehead atoms. The lowest BCUT2D eigenvalue weighted by atomic mass is 9.77. The molecule has 2 heteroatoms. The summed E-state index contributed by atoms with van der Waals surface area (Å²) in [6, 6.07) is 0. The second-order valence-corrected chi connectivity index (χ2v) is 4.24. The Kier molecular flexibility index (Phi) is 4.18. The van der Waals surface area contributed by atoms with Gasteiger partial charge in [0.05, 0.1) is 0 Å². The van der Waals surface area contributed by atoms with E-state index in [1.165, 1.54) is 32.1 Å². The summed E-state index contributed by atoms with van der Waals surface area (Å²) in [7, 11) is 0. The van der Waals surface area contributed by atoms with Crippen LogP contribution in [0.5, 0.6) is 0 Å². The molecule has 14 heavy (non-hydrogen) atoms. The summed E-state index contributed by atoms with van der Waals surface area (Å²) < 4.78 is 0. The molecule has 0 spiro atoms. The Balaban J connectivity index is 2.61. The fourth-order valence-corrected chi connectivity index (χ4v) is 2.47. The summed E-state index contributed by atoms with van der Waals surface area (Å²) in [6.07, 6.45) is 8.01. The molecule has 1 unspecified atom stereocenters. The summed E-state index contributed by atoms with van der Waals surface area (Å²) in [5.41, 5.74) is 0.594. The van der Waals surface area contributed by atoms with Crippen molar-refractivity contribution in [2.45, 2.75) is 46.0 Å². The van der Waals surface area contributed by atoms with Crippen molar-refractivity contribution < 1.29 is 9.90 Å². The fraction of sp³-hybridized carbons (Fsp3) is 0.750. The summed E-state index contributed by atoms with van der Waals surface area (Å²) in [6.45, 7) is 3.88. The van der Waals surface area contributed by atoms with Gasteiger partial charge in [0.15, 0.2) is 0 Å². The average molecular weight is 196 g/mol. The zero-order valence-corrected chi connectivity index (χ0v) is 9.12.